The number of benzene rings is 3. The third kappa shape index (κ3) is 3.56. The van der Waals surface area contributed by atoms with E-state index in [1.165, 1.54) is 0 Å². The van der Waals surface area contributed by atoms with Crippen LogP contribution in [-0.2, 0) is 0 Å². The summed E-state index contributed by atoms with van der Waals surface area (Å²) >= 11 is 13.0. The second kappa shape index (κ2) is 8.33. The van der Waals surface area contributed by atoms with Crippen LogP contribution in [0.5, 0.6) is 11.5 Å². The predicted octanol–water partition coefficient (Wildman–Crippen LogP) is 6.86. The van der Waals surface area contributed by atoms with Crippen LogP contribution in [0.1, 0.15) is 47.1 Å². The van der Waals surface area contributed by atoms with Crippen LogP contribution in [-0.4, -0.2) is 28.3 Å². The number of carbonyl (C=O) groups excluding carboxylic acids is 1. The smallest absolute Gasteiger partial charge is 0.227 e. The maximum atomic E-state index is 12.4. The number of halogens is 2. The van der Waals surface area contributed by atoms with Crippen molar-refractivity contribution in [3.63, 3.8) is 0 Å². The van der Waals surface area contributed by atoms with Crippen LogP contribution < -0.4 is 9.47 Å². The van der Waals surface area contributed by atoms with Gasteiger partial charge in [0.2, 0.25) is 12.1 Å². The summed E-state index contributed by atoms with van der Waals surface area (Å²) in [6, 6.07) is 19.1. The minimum Gasteiger partial charge on any atom is -0.497 e. The molecular formula is C27H21Cl2N3O3. The van der Waals surface area contributed by atoms with Crippen molar-refractivity contribution in [2.45, 2.75) is 25.6 Å². The quantitative estimate of drug-likeness (QED) is 0.305. The van der Waals surface area contributed by atoms with Gasteiger partial charge in [-0.25, -0.2) is 5.01 Å². The third-order valence-electron chi connectivity index (χ3n) is 6.58. The van der Waals surface area contributed by atoms with Crippen molar-refractivity contribution in [2.24, 2.45) is 5.10 Å². The number of carbonyl (C=O) groups is 1. The van der Waals surface area contributed by atoms with Crippen molar-refractivity contribution < 1.29 is 14.3 Å². The Kier molecular flexibility index (Phi) is 5.24. The molecule has 4 aromatic rings. The summed E-state index contributed by atoms with van der Waals surface area (Å²) in [7, 11) is 1.65. The Morgan fingerprint density at radius 2 is 1.86 bits per heavy atom. The minimum atomic E-state index is -0.576. The summed E-state index contributed by atoms with van der Waals surface area (Å²) in [5.74, 6) is 1.30. The van der Waals surface area contributed by atoms with Gasteiger partial charge < -0.3 is 9.47 Å². The molecule has 0 saturated heterocycles. The number of nitrogens with zero attached hydrogens (tertiary/aromatic N) is 3. The fourth-order valence-corrected chi connectivity index (χ4v) is 5.49. The normalized spacial score (nSPS) is 18.6. The lowest BCUT2D eigenvalue weighted by Gasteiger charge is -2.38. The molecule has 0 fully saturated rings. The number of ether oxygens (including phenoxy) is 2. The summed E-state index contributed by atoms with van der Waals surface area (Å²) in [4.78, 5) is 12.4. The van der Waals surface area contributed by atoms with Crippen molar-refractivity contribution in [1.29, 1.82) is 0 Å². The minimum absolute atomic E-state index is 0.0751. The molecule has 0 N–H and O–H groups in total. The van der Waals surface area contributed by atoms with E-state index in [0.717, 1.165) is 39.1 Å². The molecule has 8 heteroatoms. The molecule has 0 radical (unpaired) electrons. The molecule has 6 nitrogen and oxygen atoms in total. The predicted molar refractivity (Wildman–Crippen MR) is 137 cm³/mol. The first-order valence-corrected chi connectivity index (χ1v) is 12.0. The van der Waals surface area contributed by atoms with Gasteiger partial charge in [-0.05, 0) is 48.0 Å². The van der Waals surface area contributed by atoms with Crippen LogP contribution in [0.25, 0.3) is 10.9 Å². The maximum absolute atomic E-state index is 12.4. The van der Waals surface area contributed by atoms with E-state index in [-0.39, 0.29) is 11.9 Å². The number of rotatable bonds is 3. The van der Waals surface area contributed by atoms with Crippen molar-refractivity contribution in [3.05, 3.63) is 93.6 Å². The Balaban J connectivity index is 1.52. The molecule has 2 aliphatic heterocycles. The summed E-state index contributed by atoms with van der Waals surface area (Å²) in [6.45, 7) is 1.55. The number of para-hydroxylation sites is 1. The molecule has 0 saturated carbocycles. The fourth-order valence-electron chi connectivity index (χ4n) is 4.94. The van der Waals surface area contributed by atoms with Crippen LogP contribution >= 0.6 is 23.2 Å². The van der Waals surface area contributed by atoms with Crippen LogP contribution in [0.3, 0.4) is 0 Å². The lowest BCUT2D eigenvalue weighted by molar-refractivity contribution is -0.0180. The molecule has 176 valence electrons. The first-order chi connectivity index (χ1) is 16.9. The second-order valence-corrected chi connectivity index (χ2v) is 9.49. The Hall–Kier alpha value is -3.48. The monoisotopic (exact) mass is 505 g/mol. The summed E-state index contributed by atoms with van der Waals surface area (Å²) in [5.41, 5.74) is 4.48. The first kappa shape index (κ1) is 22.0. The zero-order valence-corrected chi connectivity index (χ0v) is 20.5. The van der Waals surface area contributed by atoms with Gasteiger partial charge in [0.25, 0.3) is 0 Å². The molecule has 6 rings (SSSR count). The van der Waals surface area contributed by atoms with E-state index in [4.69, 9.17) is 37.8 Å². The van der Waals surface area contributed by atoms with E-state index < -0.39 is 6.23 Å². The molecule has 35 heavy (non-hydrogen) atoms. The van der Waals surface area contributed by atoms with E-state index in [9.17, 15) is 4.79 Å². The van der Waals surface area contributed by atoms with Crippen molar-refractivity contribution in [3.8, 4) is 11.5 Å². The summed E-state index contributed by atoms with van der Waals surface area (Å²) in [5, 5.41) is 8.89. The first-order valence-electron chi connectivity index (χ1n) is 11.2. The largest absolute Gasteiger partial charge is 0.497 e. The summed E-state index contributed by atoms with van der Waals surface area (Å²) in [6.07, 6.45) is 1.92. The third-order valence-corrected chi connectivity index (χ3v) is 7.08. The molecule has 2 aliphatic rings. The zero-order valence-electron chi connectivity index (χ0n) is 19.0. The Labute approximate surface area is 212 Å². The molecule has 1 aromatic heterocycles. The van der Waals surface area contributed by atoms with Gasteiger partial charge in [-0.2, -0.15) is 5.10 Å². The topological polar surface area (TPSA) is 56.1 Å². The number of hydrogen-bond acceptors (Lipinski definition) is 5. The highest BCUT2D eigenvalue weighted by Crippen LogP contribution is 2.51. The molecular weight excluding hydrogens is 485 g/mol. The van der Waals surface area contributed by atoms with Gasteiger partial charge in [-0.15, -0.1) is 0 Å². The lowest BCUT2D eigenvalue weighted by Crippen LogP contribution is -2.33. The summed E-state index contributed by atoms with van der Waals surface area (Å²) < 4.78 is 13.5. The molecule has 2 unspecified atom stereocenters. The second-order valence-electron chi connectivity index (χ2n) is 8.64. The van der Waals surface area contributed by atoms with Crippen LogP contribution in [0.15, 0.2) is 72.0 Å². The number of aromatic nitrogens is 1. The van der Waals surface area contributed by atoms with Crippen molar-refractivity contribution in [1.82, 2.24) is 9.58 Å². The van der Waals surface area contributed by atoms with E-state index in [1.807, 2.05) is 65.8 Å². The van der Waals surface area contributed by atoms with Gasteiger partial charge in [-0.1, -0.05) is 41.4 Å². The van der Waals surface area contributed by atoms with E-state index >= 15 is 0 Å². The highest BCUT2D eigenvalue weighted by atomic mass is 35.5. The van der Waals surface area contributed by atoms with E-state index in [1.54, 1.807) is 24.7 Å². The van der Waals surface area contributed by atoms with Gasteiger partial charge in [0.15, 0.2) is 0 Å². The molecule has 0 bridgehead atoms. The van der Waals surface area contributed by atoms with Crippen LogP contribution in [0.4, 0.5) is 0 Å². The van der Waals surface area contributed by atoms with Crippen LogP contribution in [0.2, 0.25) is 10.0 Å². The van der Waals surface area contributed by atoms with E-state index in [2.05, 4.69) is 0 Å². The fraction of sp³-hybridized carbons (Fsp3) is 0.185. The molecule has 3 aromatic carbocycles. The lowest BCUT2D eigenvalue weighted by atomic mass is 9.95. The van der Waals surface area contributed by atoms with Crippen molar-refractivity contribution >= 4 is 45.7 Å². The van der Waals surface area contributed by atoms with Gasteiger partial charge in [-0.3, -0.25) is 9.36 Å². The highest BCUT2D eigenvalue weighted by molar-refractivity contribution is 6.35. The number of fused-ring (bicyclic) bond motifs is 4. The zero-order chi connectivity index (χ0) is 24.3. The Morgan fingerprint density at radius 1 is 1.09 bits per heavy atom. The molecule has 0 aliphatic carbocycles. The number of hydrogen-bond donors (Lipinski definition) is 0. The van der Waals surface area contributed by atoms with Gasteiger partial charge in [0.1, 0.15) is 11.5 Å². The van der Waals surface area contributed by atoms with E-state index in [0.29, 0.717) is 22.2 Å². The average molecular weight is 506 g/mol. The average Bonchev–Trinajstić information content (AvgIpc) is 3.47. The van der Waals surface area contributed by atoms with Crippen molar-refractivity contribution in [2.75, 3.05) is 7.11 Å². The Bertz CT molecular complexity index is 1510. The highest BCUT2D eigenvalue weighted by Gasteiger charge is 2.43. The maximum Gasteiger partial charge on any atom is 0.227 e. The van der Waals surface area contributed by atoms with Gasteiger partial charge >= 0.3 is 0 Å². The molecule has 0 amide bonds. The SMILES string of the molecule is COc1ccc(C2=NN3C(C2)c2cc(Cl)cc(Cl)c2OC3c2cn(C(C)=O)c3ccccc23)cc1. The Morgan fingerprint density at radius 3 is 2.60 bits per heavy atom. The van der Waals surface area contributed by atoms with Crippen LogP contribution in [0, 0.1) is 0 Å². The number of methoxy groups -OCH3 is 1. The number of hydrazone groups is 1. The molecule has 0 spiro atoms. The van der Waals surface area contributed by atoms with Gasteiger partial charge in [0, 0.05) is 41.1 Å². The standard InChI is InChI=1S/C27H21Cl2N3O3/c1-15(33)31-14-21(19-5-3-4-6-24(19)31)27-32-25(20-11-17(28)12-22(29)26(20)35-27)13-23(30-32)16-7-9-18(34-2)10-8-16/h3-12,14,25,27H,13H2,1-2H3. The van der Waals surface area contributed by atoms with Gasteiger partial charge in [0.05, 0.1) is 29.4 Å². The molecule has 2 atom stereocenters. The molecule has 3 heterocycles.